The molecule has 38 heavy (non-hydrogen) atoms. The Morgan fingerprint density at radius 1 is 1.05 bits per heavy atom. The predicted molar refractivity (Wildman–Crippen MR) is 143 cm³/mol. The highest BCUT2D eigenvalue weighted by molar-refractivity contribution is 5.80. The van der Waals surface area contributed by atoms with Gasteiger partial charge in [0.2, 0.25) is 5.95 Å². The lowest BCUT2D eigenvalue weighted by atomic mass is 9.85. The van der Waals surface area contributed by atoms with Crippen molar-refractivity contribution in [3.05, 3.63) is 100 Å². The van der Waals surface area contributed by atoms with Gasteiger partial charge in [0.1, 0.15) is 5.60 Å². The number of H-pyrrole nitrogens is 1. The van der Waals surface area contributed by atoms with Crippen LogP contribution in [0.2, 0.25) is 0 Å². The van der Waals surface area contributed by atoms with Gasteiger partial charge in [0, 0.05) is 45.0 Å². The summed E-state index contributed by atoms with van der Waals surface area (Å²) >= 11 is 0. The summed E-state index contributed by atoms with van der Waals surface area (Å²) in [5, 5.41) is 3.02. The third-order valence-corrected chi connectivity index (χ3v) is 6.90. The van der Waals surface area contributed by atoms with Crippen molar-refractivity contribution in [2.45, 2.75) is 31.4 Å². The van der Waals surface area contributed by atoms with Gasteiger partial charge in [-0.05, 0) is 17.2 Å². The molecular formula is C29H29FN4O4. The smallest absolute Gasteiger partial charge is 0.407 e. The molecule has 0 radical (unpaired) electrons. The summed E-state index contributed by atoms with van der Waals surface area (Å²) in [6, 6.07) is 22.1. The zero-order valence-electron chi connectivity index (χ0n) is 21.1. The molecule has 0 aliphatic carbocycles. The number of rotatable bonds is 7. The highest BCUT2D eigenvalue weighted by atomic mass is 19.1. The van der Waals surface area contributed by atoms with Crippen molar-refractivity contribution in [3.8, 4) is 5.75 Å². The molecule has 0 unspecified atom stereocenters. The Morgan fingerprint density at radius 3 is 2.37 bits per heavy atom. The molecule has 9 heteroatoms. The number of amides is 1. The van der Waals surface area contributed by atoms with E-state index in [1.54, 1.807) is 0 Å². The Labute approximate surface area is 219 Å². The lowest BCUT2D eigenvalue weighted by Crippen LogP contribution is -2.50. The maximum atomic E-state index is 14.1. The number of carbonyl (C=O) groups excluding carboxylic acids is 1. The first-order chi connectivity index (χ1) is 18.4. The third kappa shape index (κ3) is 5.61. The Balaban J connectivity index is 1.34. The predicted octanol–water partition coefficient (Wildman–Crippen LogP) is 4.58. The quantitative estimate of drug-likeness (QED) is 0.373. The first-order valence-electron chi connectivity index (χ1n) is 12.5. The van der Waals surface area contributed by atoms with Gasteiger partial charge in [-0.25, -0.2) is 14.2 Å². The Hall–Kier alpha value is -4.40. The largest absolute Gasteiger partial charge is 0.494 e. The van der Waals surface area contributed by atoms with Gasteiger partial charge in [0.25, 0.3) is 5.56 Å². The van der Waals surface area contributed by atoms with Gasteiger partial charge in [-0.1, -0.05) is 60.7 Å². The molecule has 0 spiro atoms. The van der Waals surface area contributed by atoms with E-state index >= 15 is 0 Å². The second-order valence-electron chi connectivity index (χ2n) is 9.45. The zero-order valence-corrected chi connectivity index (χ0v) is 21.1. The maximum absolute atomic E-state index is 14.1. The van der Waals surface area contributed by atoms with Crippen LogP contribution in [-0.2, 0) is 17.7 Å². The fourth-order valence-corrected chi connectivity index (χ4v) is 4.85. The van der Waals surface area contributed by atoms with Crippen molar-refractivity contribution in [3.63, 3.8) is 0 Å². The SMILES string of the molecule is COc1cc2nc(N3CCC(Cc4ccccc4)(OC(=O)NCc4ccccc4)CC3)[nH]c(=O)c2cc1F. The third-order valence-electron chi connectivity index (χ3n) is 6.90. The van der Waals surface area contributed by atoms with Crippen LogP contribution in [0, 0.1) is 5.82 Å². The van der Waals surface area contributed by atoms with Gasteiger partial charge in [0.05, 0.1) is 18.0 Å². The molecule has 196 valence electrons. The van der Waals surface area contributed by atoms with Crippen molar-refractivity contribution >= 4 is 22.9 Å². The number of aromatic amines is 1. The molecule has 1 aromatic heterocycles. The van der Waals surface area contributed by atoms with E-state index in [4.69, 9.17) is 9.47 Å². The summed E-state index contributed by atoms with van der Waals surface area (Å²) in [4.78, 5) is 34.8. The molecule has 3 aromatic carbocycles. The van der Waals surface area contributed by atoms with Crippen LogP contribution in [0.15, 0.2) is 77.6 Å². The van der Waals surface area contributed by atoms with Gasteiger partial charge in [-0.3, -0.25) is 9.78 Å². The van der Waals surface area contributed by atoms with Gasteiger partial charge in [-0.2, -0.15) is 0 Å². The van der Waals surface area contributed by atoms with Crippen LogP contribution in [0.5, 0.6) is 5.75 Å². The summed E-state index contributed by atoms with van der Waals surface area (Å²) in [6.07, 6.45) is 1.17. The number of nitrogens with one attached hydrogen (secondary N) is 2. The Kier molecular flexibility index (Phi) is 7.26. The molecule has 1 saturated heterocycles. The highest BCUT2D eigenvalue weighted by Gasteiger charge is 2.39. The second kappa shape index (κ2) is 10.9. The number of fused-ring (bicyclic) bond motifs is 1. The lowest BCUT2D eigenvalue weighted by molar-refractivity contribution is -0.00745. The van der Waals surface area contributed by atoms with E-state index in [-0.39, 0.29) is 11.1 Å². The number of hydrogen-bond donors (Lipinski definition) is 2. The molecule has 8 nitrogen and oxygen atoms in total. The van der Waals surface area contributed by atoms with Crippen molar-refractivity contribution in [1.82, 2.24) is 15.3 Å². The standard InChI is InChI=1S/C29H29FN4O4/c1-37-25-17-24-22(16-23(25)30)26(35)33-27(32-24)34-14-12-29(13-15-34,18-20-8-4-2-5-9-20)38-28(36)31-19-21-10-6-3-7-11-21/h2-11,16-17H,12-15,18-19H2,1H3,(H,31,36)(H,32,33,35). The van der Waals surface area contributed by atoms with Crippen LogP contribution in [0.3, 0.4) is 0 Å². The van der Waals surface area contributed by atoms with Crippen molar-refractivity contribution < 1.29 is 18.7 Å². The molecule has 2 heterocycles. The van der Waals surface area contributed by atoms with Crippen LogP contribution < -0.4 is 20.5 Å². The Morgan fingerprint density at radius 2 is 1.71 bits per heavy atom. The fraction of sp³-hybridized carbons (Fsp3) is 0.276. The summed E-state index contributed by atoms with van der Waals surface area (Å²) in [6.45, 7) is 1.39. The summed E-state index contributed by atoms with van der Waals surface area (Å²) in [7, 11) is 1.37. The van der Waals surface area contributed by atoms with Crippen LogP contribution in [0.25, 0.3) is 10.9 Å². The van der Waals surface area contributed by atoms with Crippen molar-refractivity contribution in [2.24, 2.45) is 0 Å². The monoisotopic (exact) mass is 516 g/mol. The number of piperidine rings is 1. The van der Waals surface area contributed by atoms with Crippen LogP contribution in [-0.4, -0.2) is 41.9 Å². The summed E-state index contributed by atoms with van der Waals surface area (Å²) in [5.74, 6) is -0.207. The Bertz CT molecular complexity index is 1470. The first kappa shape index (κ1) is 25.3. The number of carbonyl (C=O) groups is 1. The van der Waals surface area contributed by atoms with Crippen molar-refractivity contribution in [2.75, 3.05) is 25.1 Å². The summed E-state index contributed by atoms with van der Waals surface area (Å²) < 4.78 is 25.3. The van der Waals surface area contributed by atoms with Gasteiger partial charge in [0.15, 0.2) is 11.6 Å². The number of methoxy groups -OCH3 is 1. The van der Waals surface area contributed by atoms with Crippen LogP contribution in [0.4, 0.5) is 15.1 Å². The molecule has 4 aromatic rings. The molecular weight excluding hydrogens is 487 g/mol. The number of aromatic nitrogens is 2. The minimum atomic E-state index is -0.720. The molecule has 1 fully saturated rings. The van der Waals surface area contributed by atoms with E-state index in [9.17, 15) is 14.0 Å². The minimum Gasteiger partial charge on any atom is -0.494 e. The maximum Gasteiger partial charge on any atom is 0.407 e. The second-order valence-corrected chi connectivity index (χ2v) is 9.45. The van der Waals surface area contributed by atoms with E-state index in [0.717, 1.165) is 17.2 Å². The number of nitrogens with zero attached hydrogens (tertiary/aromatic N) is 2. The number of hydrogen-bond acceptors (Lipinski definition) is 6. The molecule has 1 amide bonds. The average molecular weight is 517 g/mol. The number of ether oxygens (including phenoxy) is 2. The van der Waals surface area contributed by atoms with Gasteiger partial charge < -0.3 is 19.7 Å². The zero-order chi connectivity index (χ0) is 26.5. The number of alkyl carbamates (subject to hydrolysis) is 1. The van der Waals surface area contributed by atoms with E-state index in [1.165, 1.54) is 13.2 Å². The van der Waals surface area contributed by atoms with Gasteiger partial charge >= 0.3 is 6.09 Å². The molecule has 2 N–H and O–H groups in total. The normalized spacial score (nSPS) is 14.7. The summed E-state index contributed by atoms with van der Waals surface area (Å²) in [5.41, 5.74) is 1.26. The minimum absolute atomic E-state index is 0.0250. The fourth-order valence-electron chi connectivity index (χ4n) is 4.85. The number of benzene rings is 3. The molecule has 0 bridgehead atoms. The molecule has 1 aliphatic heterocycles. The molecule has 0 saturated carbocycles. The van der Waals surface area contributed by atoms with E-state index < -0.39 is 23.1 Å². The van der Waals surface area contributed by atoms with Gasteiger partial charge in [-0.15, -0.1) is 0 Å². The number of anilines is 1. The van der Waals surface area contributed by atoms with Crippen molar-refractivity contribution in [1.29, 1.82) is 0 Å². The molecule has 1 aliphatic rings. The van der Waals surface area contributed by atoms with Crippen LogP contribution >= 0.6 is 0 Å². The molecule has 5 rings (SSSR count). The lowest BCUT2D eigenvalue weighted by Gasteiger charge is -2.41. The highest BCUT2D eigenvalue weighted by Crippen LogP contribution is 2.32. The average Bonchev–Trinajstić information content (AvgIpc) is 2.93. The first-order valence-corrected chi connectivity index (χ1v) is 12.5. The molecule has 0 atom stereocenters. The van der Waals surface area contributed by atoms with E-state index in [1.807, 2.05) is 65.6 Å². The topological polar surface area (TPSA) is 96.6 Å². The van der Waals surface area contributed by atoms with Crippen LogP contribution in [0.1, 0.15) is 24.0 Å². The number of halogens is 1. The van der Waals surface area contributed by atoms with E-state index in [0.29, 0.717) is 50.4 Å². The van der Waals surface area contributed by atoms with E-state index in [2.05, 4.69) is 15.3 Å².